The molecule has 2 aliphatic rings. The van der Waals surface area contributed by atoms with Gasteiger partial charge in [-0.2, -0.15) is 0 Å². The van der Waals surface area contributed by atoms with Gasteiger partial charge >= 0.3 is 12.1 Å². The van der Waals surface area contributed by atoms with Crippen molar-refractivity contribution in [1.29, 1.82) is 0 Å². The summed E-state index contributed by atoms with van der Waals surface area (Å²) in [4.78, 5) is 36.4. The molecule has 3 unspecified atom stereocenters. The van der Waals surface area contributed by atoms with Gasteiger partial charge in [0.1, 0.15) is 12.6 Å². The van der Waals surface area contributed by atoms with Crippen LogP contribution in [0.25, 0.3) is 11.1 Å². The second-order valence-electron chi connectivity index (χ2n) is 8.43. The summed E-state index contributed by atoms with van der Waals surface area (Å²) < 4.78 is 11.0. The van der Waals surface area contributed by atoms with E-state index >= 15 is 0 Å². The average molecular weight is 453 g/mol. The molecule has 1 aliphatic carbocycles. The lowest BCUT2D eigenvalue weighted by Crippen LogP contribution is -2.51. The number of hydrogen-bond acceptors (Lipinski definition) is 5. The van der Waals surface area contributed by atoms with E-state index in [1.807, 2.05) is 55.5 Å². The molecule has 2 aromatic rings. The smallest absolute Gasteiger partial charge is 0.407 e. The zero-order chi connectivity index (χ0) is 23.4. The zero-order valence-corrected chi connectivity index (χ0v) is 18.5. The largest absolute Gasteiger partial charge is 0.481 e. The summed E-state index contributed by atoms with van der Waals surface area (Å²) in [5.41, 5.74) is 4.41. The molecule has 0 spiro atoms. The van der Waals surface area contributed by atoms with Gasteiger partial charge in [0, 0.05) is 18.9 Å². The molecule has 8 nitrogen and oxygen atoms in total. The maximum absolute atomic E-state index is 12.8. The Labute approximate surface area is 192 Å². The predicted molar refractivity (Wildman–Crippen MR) is 121 cm³/mol. The molecular weight excluding hydrogens is 424 g/mol. The SMILES string of the molecule is CC1OCCC1NC(=O)C(CCC(=O)O)NC(=O)OCC1c2ccccc2-c2ccccc21. The Morgan fingerprint density at radius 2 is 1.73 bits per heavy atom. The molecular formula is C25H28N2O6. The monoisotopic (exact) mass is 452 g/mol. The average Bonchev–Trinajstić information content (AvgIpc) is 3.35. The van der Waals surface area contributed by atoms with E-state index in [0.717, 1.165) is 22.3 Å². The van der Waals surface area contributed by atoms with Crippen molar-refractivity contribution < 1.29 is 29.0 Å². The summed E-state index contributed by atoms with van der Waals surface area (Å²) in [7, 11) is 0. The summed E-state index contributed by atoms with van der Waals surface area (Å²) in [6, 6.07) is 14.8. The number of alkyl carbamates (subject to hydrolysis) is 1. The van der Waals surface area contributed by atoms with E-state index in [2.05, 4.69) is 10.6 Å². The summed E-state index contributed by atoms with van der Waals surface area (Å²) >= 11 is 0. The molecule has 4 rings (SSSR count). The first-order valence-electron chi connectivity index (χ1n) is 11.2. The van der Waals surface area contributed by atoms with Crippen molar-refractivity contribution in [2.75, 3.05) is 13.2 Å². The second kappa shape index (κ2) is 10.0. The Morgan fingerprint density at radius 1 is 1.09 bits per heavy atom. The number of rotatable bonds is 8. The highest BCUT2D eigenvalue weighted by Crippen LogP contribution is 2.44. The first-order chi connectivity index (χ1) is 15.9. The van der Waals surface area contributed by atoms with E-state index in [0.29, 0.717) is 13.0 Å². The molecule has 174 valence electrons. The lowest BCUT2D eigenvalue weighted by molar-refractivity contribution is -0.137. The molecule has 3 N–H and O–H groups in total. The van der Waals surface area contributed by atoms with Crippen LogP contribution in [0.2, 0.25) is 0 Å². The number of carbonyl (C=O) groups is 3. The van der Waals surface area contributed by atoms with E-state index in [9.17, 15) is 14.4 Å². The van der Waals surface area contributed by atoms with E-state index < -0.39 is 24.0 Å². The fraction of sp³-hybridized carbons (Fsp3) is 0.400. The first-order valence-corrected chi connectivity index (χ1v) is 11.2. The van der Waals surface area contributed by atoms with Gasteiger partial charge in [-0.25, -0.2) is 4.79 Å². The van der Waals surface area contributed by atoms with Gasteiger partial charge in [-0.1, -0.05) is 48.5 Å². The van der Waals surface area contributed by atoms with Gasteiger partial charge in [0.2, 0.25) is 5.91 Å². The molecule has 2 aromatic carbocycles. The summed E-state index contributed by atoms with van der Waals surface area (Å²) in [5, 5.41) is 14.5. The molecule has 33 heavy (non-hydrogen) atoms. The molecule has 1 saturated heterocycles. The fourth-order valence-corrected chi connectivity index (χ4v) is 4.52. The van der Waals surface area contributed by atoms with Crippen molar-refractivity contribution in [3.8, 4) is 11.1 Å². The quantitative estimate of drug-likeness (QED) is 0.567. The van der Waals surface area contributed by atoms with Crippen molar-refractivity contribution in [2.24, 2.45) is 0 Å². The van der Waals surface area contributed by atoms with Gasteiger partial charge in [0.05, 0.1) is 12.1 Å². The van der Waals surface area contributed by atoms with E-state index in [4.69, 9.17) is 14.6 Å². The summed E-state index contributed by atoms with van der Waals surface area (Å²) in [6.07, 6.45) is -0.503. The molecule has 0 saturated carbocycles. The van der Waals surface area contributed by atoms with Crippen LogP contribution in [0.4, 0.5) is 4.79 Å². The normalized spacial score (nSPS) is 19.9. The number of ether oxygens (including phenoxy) is 2. The Hall–Kier alpha value is -3.39. The summed E-state index contributed by atoms with van der Waals surface area (Å²) in [5.74, 6) is -1.59. The van der Waals surface area contributed by atoms with Crippen LogP contribution in [0.15, 0.2) is 48.5 Å². The number of carbonyl (C=O) groups excluding carboxylic acids is 2. The minimum Gasteiger partial charge on any atom is -0.481 e. The maximum Gasteiger partial charge on any atom is 0.407 e. The van der Waals surface area contributed by atoms with E-state index in [-0.39, 0.29) is 37.5 Å². The van der Waals surface area contributed by atoms with Crippen LogP contribution in [0.1, 0.15) is 43.2 Å². The Balaban J connectivity index is 1.40. The van der Waals surface area contributed by atoms with Crippen LogP contribution < -0.4 is 10.6 Å². The number of aliphatic carboxylic acids is 1. The lowest BCUT2D eigenvalue weighted by atomic mass is 9.98. The van der Waals surface area contributed by atoms with Crippen molar-refractivity contribution >= 4 is 18.0 Å². The molecule has 0 aromatic heterocycles. The standard InChI is InChI=1S/C25H28N2O6/c1-15-21(12-13-32-15)26-24(30)22(10-11-23(28)29)27-25(31)33-14-20-18-8-4-2-6-16(18)17-7-3-5-9-19(17)20/h2-9,15,20-22H,10-14H2,1H3,(H,26,30)(H,27,31)(H,28,29). The fourth-order valence-electron chi connectivity index (χ4n) is 4.52. The zero-order valence-electron chi connectivity index (χ0n) is 18.5. The molecule has 0 bridgehead atoms. The van der Waals surface area contributed by atoms with Crippen LogP contribution in [0.3, 0.4) is 0 Å². The van der Waals surface area contributed by atoms with Gasteiger partial charge in [0.25, 0.3) is 0 Å². The highest BCUT2D eigenvalue weighted by atomic mass is 16.5. The van der Waals surface area contributed by atoms with Crippen LogP contribution in [-0.4, -0.2) is 54.5 Å². The molecule has 0 radical (unpaired) electrons. The molecule has 8 heteroatoms. The van der Waals surface area contributed by atoms with Crippen LogP contribution in [0.5, 0.6) is 0 Å². The number of carboxylic acid groups (broad SMARTS) is 1. The third kappa shape index (κ3) is 5.17. The lowest BCUT2D eigenvalue weighted by Gasteiger charge is -2.22. The number of amides is 2. The van der Waals surface area contributed by atoms with E-state index in [1.165, 1.54) is 0 Å². The third-order valence-electron chi connectivity index (χ3n) is 6.30. The van der Waals surface area contributed by atoms with Crippen LogP contribution >= 0.6 is 0 Å². The molecule has 3 atom stereocenters. The number of nitrogens with one attached hydrogen (secondary N) is 2. The van der Waals surface area contributed by atoms with E-state index in [1.54, 1.807) is 0 Å². The van der Waals surface area contributed by atoms with Gasteiger partial charge in [0.15, 0.2) is 0 Å². The maximum atomic E-state index is 12.8. The number of hydrogen-bond donors (Lipinski definition) is 3. The molecule has 1 fully saturated rings. The van der Waals surface area contributed by atoms with Crippen LogP contribution in [0, 0.1) is 0 Å². The van der Waals surface area contributed by atoms with Gasteiger partial charge in [-0.3, -0.25) is 9.59 Å². The van der Waals surface area contributed by atoms with Crippen LogP contribution in [-0.2, 0) is 19.1 Å². The Kier molecular flexibility index (Phi) is 6.93. The molecule has 2 amide bonds. The molecule has 1 heterocycles. The second-order valence-corrected chi connectivity index (χ2v) is 8.43. The van der Waals surface area contributed by atoms with Crippen molar-refractivity contribution in [3.05, 3.63) is 59.7 Å². The van der Waals surface area contributed by atoms with Gasteiger partial charge in [-0.15, -0.1) is 0 Å². The van der Waals surface area contributed by atoms with Gasteiger partial charge < -0.3 is 25.2 Å². The Morgan fingerprint density at radius 3 is 2.30 bits per heavy atom. The minimum atomic E-state index is -1.04. The third-order valence-corrected chi connectivity index (χ3v) is 6.30. The first kappa shape index (κ1) is 22.8. The van der Waals surface area contributed by atoms with Crippen molar-refractivity contribution in [1.82, 2.24) is 10.6 Å². The number of fused-ring (bicyclic) bond motifs is 3. The minimum absolute atomic E-state index is 0.0344. The number of benzene rings is 2. The van der Waals surface area contributed by atoms with Crippen molar-refractivity contribution in [3.63, 3.8) is 0 Å². The van der Waals surface area contributed by atoms with Crippen molar-refractivity contribution in [2.45, 2.75) is 50.3 Å². The predicted octanol–water partition coefficient (Wildman–Crippen LogP) is 3.05. The Bertz CT molecular complexity index is 994. The molecule has 1 aliphatic heterocycles. The summed E-state index contributed by atoms with van der Waals surface area (Å²) in [6.45, 7) is 2.52. The highest BCUT2D eigenvalue weighted by Gasteiger charge is 2.32. The highest BCUT2D eigenvalue weighted by molar-refractivity contribution is 5.86. The van der Waals surface area contributed by atoms with Gasteiger partial charge in [-0.05, 0) is 42.0 Å². The topological polar surface area (TPSA) is 114 Å². The number of carboxylic acids is 1.